The van der Waals surface area contributed by atoms with E-state index in [4.69, 9.17) is 21.1 Å². The molecule has 0 aliphatic carbocycles. The number of benzene rings is 2. The Morgan fingerprint density at radius 3 is 2.57 bits per heavy atom. The first-order valence-corrected chi connectivity index (χ1v) is 10.2. The Labute approximate surface area is 170 Å². The molecule has 0 saturated carbocycles. The third-order valence-corrected chi connectivity index (χ3v) is 6.31. The monoisotopic (exact) mass is 404 g/mol. The van der Waals surface area contributed by atoms with Crippen molar-refractivity contribution < 1.29 is 13.9 Å². The summed E-state index contributed by atoms with van der Waals surface area (Å²) in [5.74, 6) is 1.18. The van der Waals surface area contributed by atoms with Crippen molar-refractivity contribution in [2.45, 2.75) is 31.3 Å². The van der Waals surface area contributed by atoms with Gasteiger partial charge in [0.05, 0.1) is 19.2 Å². The highest BCUT2D eigenvalue weighted by atomic mass is 35.5. The average molecular weight is 405 g/mol. The van der Waals surface area contributed by atoms with Crippen LogP contribution >= 0.6 is 11.6 Å². The van der Waals surface area contributed by atoms with Crippen LogP contribution in [0.2, 0.25) is 5.02 Å². The van der Waals surface area contributed by atoms with Gasteiger partial charge in [0.1, 0.15) is 5.82 Å². The van der Waals surface area contributed by atoms with Gasteiger partial charge in [0.2, 0.25) is 0 Å². The van der Waals surface area contributed by atoms with E-state index in [0.29, 0.717) is 12.1 Å². The Morgan fingerprint density at radius 2 is 1.82 bits per heavy atom. The minimum Gasteiger partial charge on any atom is -0.493 e. The largest absolute Gasteiger partial charge is 0.493 e. The third-order valence-electron chi connectivity index (χ3n) is 6.00. The number of hydrogen-bond acceptors (Lipinski definition) is 4. The van der Waals surface area contributed by atoms with Gasteiger partial charge in [-0.25, -0.2) is 4.39 Å². The molecule has 2 aliphatic rings. The van der Waals surface area contributed by atoms with Crippen molar-refractivity contribution in [3.05, 3.63) is 52.8 Å². The standard InChI is InChI=1S/C22H26ClFN2O2/c1-27-21-9-6-15(12-22(21)28-2)20-5-3-4-17-14-25(10-11-26(17)20)16-7-8-18(23)19(24)13-16/h6-9,12-13,17,20H,3-5,10-11,14H2,1-2H3/t17-,20+/m0/s1. The number of methoxy groups -OCH3 is 2. The van der Waals surface area contributed by atoms with Crippen LogP contribution in [0, 0.1) is 5.82 Å². The molecule has 0 amide bonds. The maximum atomic E-state index is 13.9. The second-order valence-corrected chi connectivity index (χ2v) is 7.90. The van der Waals surface area contributed by atoms with E-state index in [-0.39, 0.29) is 10.8 Å². The van der Waals surface area contributed by atoms with Crippen molar-refractivity contribution in [3.8, 4) is 11.5 Å². The SMILES string of the molecule is COc1ccc([C@H]2CCC[C@H]3CN(c4ccc(Cl)c(F)c4)CCN32)cc1OC. The summed E-state index contributed by atoms with van der Waals surface area (Å²) in [6.07, 6.45) is 3.49. The van der Waals surface area contributed by atoms with Gasteiger partial charge >= 0.3 is 0 Å². The molecule has 0 aromatic heterocycles. The number of anilines is 1. The first-order chi connectivity index (χ1) is 13.6. The zero-order valence-electron chi connectivity index (χ0n) is 16.3. The van der Waals surface area contributed by atoms with Crippen LogP contribution in [-0.2, 0) is 0 Å². The van der Waals surface area contributed by atoms with Crippen LogP contribution in [0.3, 0.4) is 0 Å². The summed E-state index contributed by atoms with van der Waals surface area (Å²) in [4.78, 5) is 4.88. The minimum absolute atomic E-state index is 0.175. The number of piperazine rings is 1. The molecule has 2 heterocycles. The van der Waals surface area contributed by atoms with Crippen molar-refractivity contribution in [3.63, 3.8) is 0 Å². The number of halogens is 2. The highest BCUT2D eigenvalue weighted by Crippen LogP contribution is 2.40. The molecule has 0 radical (unpaired) electrons. The molecule has 4 rings (SSSR count). The second kappa shape index (κ2) is 8.18. The highest BCUT2D eigenvalue weighted by Gasteiger charge is 2.36. The first kappa shape index (κ1) is 19.3. The predicted octanol–water partition coefficient (Wildman–Crippen LogP) is 4.91. The van der Waals surface area contributed by atoms with Gasteiger partial charge in [-0.15, -0.1) is 0 Å². The molecular weight excluding hydrogens is 379 g/mol. The predicted molar refractivity (Wildman–Crippen MR) is 110 cm³/mol. The fourth-order valence-corrected chi connectivity index (χ4v) is 4.70. The first-order valence-electron chi connectivity index (χ1n) is 9.78. The summed E-state index contributed by atoms with van der Waals surface area (Å²) in [6.45, 7) is 2.74. The molecule has 2 fully saturated rings. The normalized spacial score (nSPS) is 22.6. The lowest BCUT2D eigenvalue weighted by molar-refractivity contribution is 0.0715. The molecule has 28 heavy (non-hydrogen) atoms. The van der Waals surface area contributed by atoms with Crippen LogP contribution in [0.1, 0.15) is 30.9 Å². The molecule has 2 saturated heterocycles. The molecule has 2 aliphatic heterocycles. The van der Waals surface area contributed by atoms with Gasteiger partial charge in [0, 0.05) is 37.4 Å². The van der Waals surface area contributed by atoms with Crippen LogP contribution in [-0.4, -0.2) is 44.8 Å². The summed E-state index contributed by atoms with van der Waals surface area (Å²) in [5, 5.41) is 0.175. The molecule has 0 N–H and O–H groups in total. The van der Waals surface area contributed by atoms with Crippen LogP contribution < -0.4 is 14.4 Å². The van der Waals surface area contributed by atoms with Crippen molar-refractivity contribution in [2.75, 3.05) is 38.8 Å². The fraction of sp³-hybridized carbons (Fsp3) is 0.455. The third kappa shape index (κ3) is 3.65. The summed E-state index contributed by atoms with van der Waals surface area (Å²) >= 11 is 5.84. The number of ether oxygens (including phenoxy) is 2. The number of fused-ring (bicyclic) bond motifs is 1. The number of piperidine rings is 1. The summed E-state index contributed by atoms with van der Waals surface area (Å²) in [7, 11) is 3.34. The van der Waals surface area contributed by atoms with Crippen LogP contribution in [0.25, 0.3) is 0 Å². The van der Waals surface area contributed by atoms with Gasteiger partial charge in [0.25, 0.3) is 0 Å². The lowest BCUT2D eigenvalue weighted by Gasteiger charge is -2.49. The Balaban J connectivity index is 1.53. The van der Waals surface area contributed by atoms with E-state index >= 15 is 0 Å². The van der Waals surface area contributed by atoms with E-state index in [1.165, 1.54) is 12.0 Å². The average Bonchev–Trinajstić information content (AvgIpc) is 2.74. The van der Waals surface area contributed by atoms with Gasteiger partial charge in [-0.3, -0.25) is 4.90 Å². The van der Waals surface area contributed by atoms with Gasteiger partial charge in [-0.1, -0.05) is 17.7 Å². The lowest BCUT2D eigenvalue weighted by atomic mass is 9.89. The minimum atomic E-state index is -0.353. The highest BCUT2D eigenvalue weighted by molar-refractivity contribution is 6.30. The van der Waals surface area contributed by atoms with Crippen molar-refractivity contribution in [1.29, 1.82) is 0 Å². The lowest BCUT2D eigenvalue weighted by Crippen LogP contribution is -2.55. The van der Waals surface area contributed by atoms with Crippen molar-refractivity contribution in [2.24, 2.45) is 0 Å². The zero-order valence-corrected chi connectivity index (χ0v) is 17.1. The summed E-state index contributed by atoms with van der Waals surface area (Å²) in [6, 6.07) is 12.2. The number of rotatable bonds is 4. The van der Waals surface area contributed by atoms with Gasteiger partial charge in [0.15, 0.2) is 11.5 Å². The van der Waals surface area contributed by atoms with Crippen molar-refractivity contribution >= 4 is 17.3 Å². The Hall–Kier alpha value is -1.98. The number of hydrogen-bond donors (Lipinski definition) is 0. The maximum Gasteiger partial charge on any atom is 0.161 e. The molecule has 0 spiro atoms. The molecular formula is C22H26ClFN2O2. The van der Waals surface area contributed by atoms with E-state index in [2.05, 4.69) is 21.9 Å². The molecule has 0 unspecified atom stereocenters. The molecule has 2 aromatic carbocycles. The van der Waals surface area contributed by atoms with E-state index in [0.717, 1.165) is 49.7 Å². The fourth-order valence-electron chi connectivity index (χ4n) is 4.58. The molecule has 2 aromatic rings. The summed E-state index contributed by atoms with van der Waals surface area (Å²) < 4.78 is 24.8. The van der Waals surface area contributed by atoms with Gasteiger partial charge in [-0.05, 0) is 55.2 Å². The van der Waals surface area contributed by atoms with E-state index in [1.54, 1.807) is 26.4 Å². The quantitative estimate of drug-likeness (QED) is 0.722. The molecule has 6 heteroatoms. The molecule has 2 atom stereocenters. The molecule has 150 valence electrons. The Bertz CT molecular complexity index is 847. The van der Waals surface area contributed by atoms with Gasteiger partial charge < -0.3 is 14.4 Å². The topological polar surface area (TPSA) is 24.9 Å². The second-order valence-electron chi connectivity index (χ2n) is 7.50. The maximum absolute atomic E-state index is 13.9. The van der Waals surface area contributed by atoms with E-state index in [1.807, 2.05) is 12.1 Å². The zero-order chi connectivity index (χ0) is 19.7. The number of nitrogens with zero attached hydrogens (tertiary/aromatic N) is 2. The van der Waals surface area contributed by atoms with Crippen LogP contribution in [0.4, 0.5) is 10.1 Å². The van der Waals surface area contributed by atoms with Crippen molar-refractivity contribution in [1.82, 2.24) is 4.90 Å². The van der Waals surface area contributed by atoms with Gasteiger partial charge in [-0.2, -0.15) is 0 Å². The molecule has 0 bridgehead atoms. The summed E-state index contributed by atoms with van der Waals surface area (Å²) in [5.41, 5.74) is 2.18. The van der Waals surface area contributed by atoms with E-state index < -0.39 is 0 Å². The molecule has 4 nitrogen and oxygen atoms in total. The van der Waals surface area contributed by atoms with Crippen LogP contribution in [0.5, 0.6) is 11.5 Å². The van der Waals surface area contributed by atoms with E-state index in [9.17, 15) is 4.39 Å². The van der Waals surface area contributed by atoms with Crippen LogP contribution in [0.15, 0.2) is 36.4 Å². The smallest absolute Gasteiger partial charge is 0.161 e. The Morgan fingerprint density at radius 1 is 1.00 bits per heavy atom. The Kier molecular flexibility index (Phi) is 5.65.